The number of ether oxygens (including phenoxy) is 1. The monoisotopic (exact) mass is 232 g/mol. The van der Waals surface area contributed by atoms with Crippen LogP contribution in [0.15, 0.2) is 54.6 Å². The van der Waals surface area contributed by atoms with E-state index in [0.29, 0.717) is 6.61 Å². The smallest absolute Gasteiger partial charge is 0.127 e. The summed E-state index contributed by atoms with van der Waals surface area (Å²) in [7, 11) is 0. The molecular formula is C17H12O. The second kappa shape index (κ2) is 3.61. The van der Waals surface area contributed by atoms with Crippen LogP contribution in [0.1, 0.15) is 5.56 Å². The predicted molar refractivity (Wildman–Crippen MR) is 76.0 cm³/mol. The Morgan fingerprint density at radius 3 is 2.56 bits per heavy atom. The van der Waals surface area contributed by atoms with E-state index >= 15 is 0 Å². The molecule has 1 aliphatic heterocycles. The Hall–Kier alpha value is -2.28. The van der Waals surface area contributed by atoms with Gasteiger partial charge >= 0.3 is 0 Å². The molecule has 4 rings (SSSR count). The van der Waals surface area contributed by atoms with Crippen LogP contribution in [-0.4, -0.2) is 6.61 Å². The van der Waals surface area contributed by atoms with Crippen LogP contribution in [0.2, 0.25) is 0 Å². The highest BCUT2D eigenvalue weighted by molar-refractivity contribution is 6.03. The van der Waals surface area contributed by atoms with Crippen LogP contribution in [0.3, 0.4) is 0 Å². The zero-order chi connectivity index (χ0) is 11.9. The van der Waals surface area contributed by atoms with E-state index in [-0.39, 0.29) is 0 Å². The lowest BCUT2D eigenvalue weighted by molar-refractivity contribution is 0.359. The zero-order valence-corrected chi connectivity index (χ0v) is 9.89. The van der Waals surface area contributed by atoms with E-state index in [9.17, 15) is 0 Å². The molecule has 0 aliphatic carbocycles. The standard InChI is InChI=1S/C17H12O/c1-2-5-13-11-16-14(10-12(13)4-1)7-8-17-15(16)6-3-9-18-17/h1-8,10-11H,9H2. The van der Waals surface area contributed by atoms with Gasteiger partial charge in [0, 0.05) is 5.56 Å². The third kappa shape index (κ3) is 1.34. The number of hydrogen-bond acceptors (Lipinski definition) is 1. The third-order valence-electron chi connectivity index (χ3n) is 3.51. The van der Waals surface area contributed by atoms with Gasteiger partial charge in [0.15, 0.2) is 0 Å². The van der Waals surface area contributed by atoms with Gasteiger partial charge < -0.3 is 4.74 Å². The molecule has 0 radical (unpaired) electrons. The highest BCUT2D eigenvalue weighted by Crippen LogP contribution is 2.33. The van der Waals surface area contributed by atoms with Gasteiger partial charge in [0.05, 0.1) is 0 Å². The molecule has 0 bridgehead atoms. The van der Waals surface area contributed by atoms with Crippen LogP contribution in [0.25, 0.3) is 27.6 Å². The summed E-state index contributed by atoms with van der Waals surface area (Å²) in [6.07, 6.45) is 4.23. The molecule has 86 valence electrons. The van der Waals surface area contributed by atoms with Gasteiger partial charge in [0.25, 0.3) is 0 Å². The third-order valence-corrected chi connectivity index (χ3v) is 3.51. The molecule has 3 aromatic rings. The van der Waals surface area contributed by atoms with Crippen molar-refractivity contribution in [3.05, 3.63) is 60.2 Å². The SMILES string of the molecule is C1=Cc2c(ccc3cc4ccccc4cc23)OC1. The molecule has 0 spiro atoms. The van der Waals surface area contributed by atoms with Gasteiger partial charge in [-0.15, -0.1) is 0 Å². The van der Waals surface area contributed by atoms with Crippen LogP contribution in [-0.2, 0) is 0 Å². The van der Waals surface area contributed by atoms with E-state index in [1.807, 2.05) is 0 Å². The highest BCUT2D eigenvalue weighted by Gasteiger charge is 2.09. The van der Waals surface area contributed by atoms with Crippen molar-refractivity contribution in [3.8, 4) is 5.75 Å². The second-order valence-electron chi connectivity index (χ2n) is 4.61. The summed E-state index contributed by atoms with van der Waals surface area (Å²) in [4.78, 5) is 0. The number of benzene rings is 3. The van der Waals surface area contributed by atoms with Gasteiger partial charge in [0.1, 0.15) is 12.4 Å². The fourth-order valence-corrected chi connectivity index (χ4v) is 2.62. The average molecular weight is 232 g/mol. The van der Waals surface area contributed by atoms with E-state index in [1.54, 1.807) is 0 Å². The second-order valence-corrected chi connectivity index (χ2v) is 4.61. The Balaban J connectivity index is 2.16. The van der Waals surface area contributed by atoms with Crippen molar-refractivity contribution in [1.82, 2.24) is 0 Å². The molecule has 1 heteroatoms. The summed E-state index contributed by atoms with van der Waals surface area (Å²) in [6.45, 7) is 0.673. The Kier molecular flexibility index (Phi) is 1.95. The minimum atomic E-state index is 0.673. The average Bonchev–Trinajstić information content (AvgIpc) is 2.45. The van der Waals surface area contributed by atoms with Gasteiger partial charge in [0.2, 0.25) is 0 Å². The normalized spacial score (nSPS) is 13.6. The fourth-order valence-electron chi connectivity index (χ4n) is 2.62. The quantitative estimate of drug-likeness (QED) is 0.522. The number of rotatable bonds is 0. The van der Waals surface area contributed by atoms with Crippen molar-refractivity contribution < 1.29 is 4.74 Å². The summed E-state index contributed by atoms with van der Waals surface area (Å²) in [5.74, 6) is 0.986. The van der Waals surface area contributed by atoms with Crippen molar-refractivity contribution in [2.45, 2.75) is 0 Å². The van der Waals surface area contributed by atoms with E-state index in [0.717, 1.165) is 5.75 Å². The molecule has 0 fully saturated rings. The lowest BCUT2D eigenvalue weighted by Crippen LogP contribution is -2.00. The van der Waals surface area contributed by atoms with Crippen molar-refractivity contribution in [2.24, 2.45) is 0 Å². The first kappa shape index (κ1) is 9.72. The van der Waals surface area contributed by atoms with E-state index in [1.165, 1.54) is 27.1 Å². The lowest BCUT2D eigenvalue weighted by atomic mass is 9.98. The Morgan fingerprint density at radius 2 is 1.67 bits per heavy atom. The van der Waals surface area contributed by atoms with Gasteiger partial charge in [-0.25, -0.2) is 0 Å². The van der Waals surface area contributed by atoms with Gasteiger partial charge in [-0.1, -0.05) is 36.4 Å². The summed E-state index contributed by atoms with van der Waals surface area (Å²) >= 11 is 0. The molecule has 1 aliphatic rings. The Morgan fingerprint density at radius 1 is 0.833 bits per heavy atom. The largest absolute Gasteiger partial charge is 0.489 e. The molecule has 0 aromatic heterocycles. The van der Waals surface area contributed by atoms with Gasteiger partial charge in [-0.2, -0.15) is 0 Å². The van der Waals surface area contributed by atoms with Gasteiger partial charge in [-0.05, 0) is 45.8 Å². The van der Waals surface area contributed by atoms with Crippen molar-refractivity contribution in [3.63, 3.8) is 0 Å². The van der Waals surface area contributed by atoms with Crippen LogP contribution in [0.4, 0.5) is 0 Å². The number of hydrogen-bond donors (Lipinski definition) is 0. The lowest BCUT2D eigenvalue weighted by Gasteiger charge is -2.15. The minimum absolute atomic E-state index is 0.673. The molecule has 0 saturated carbocycles. The first-order chi connectivity index (χ1) is 8.92. The molecule has 0 atom stereocenters. The van der Waals surface area contributed by atoms with Gasteiger partial charge in [-0.3, -0.25) is 0 Å². The Labute approximate surface area is 105 Å². The fraction of sp³-hybridized carbons (Fsp3) is 0.0588. The van der Waals surface area contributed by atoms with Crippen LogP contribution in [0.5, 0.6) is 5.75 Å². The van der Waals surface area contributed by atoms with Crippen molar-refractivity contribution >= 4 is 27.6 Å². The molecule has 18 heavy (non-hydrogen) atoms. The topological polar surface area (TPSA) is 9.23 Å². The maximum absolute atomic E-state index is 5.66. The molecule has 3 aromatic carbocycles. The predicted octanol–water partition coefficient (Wildman–Crippen LogP) is 4.40. The summed E-state index contributed by atoms with van der Waals surface area (Å²) in [6, 6.07) is 17.2. The van der Waals surface area contributed by atoms with Crippen molar-refractivity contribution in [2.75, 3.05) is 6.61 Å². The maximum atomic E-state index is 5.66. The number of fused-ring (bicyclic) bond motifs is 4. The van der Waals surface area contributed by atoms with Crippen LogP contribution >= 0.6 is 0 Å². The molecule has 0 saturated heterocycles. The summed E-state index contributed by atoms with van der Waals surface area (Å²) in [5, 5.41) is 5.09. The minimum Gasteiger partial charge on any atom is -0.489 e. The summed E-state index contributed by atoms with van der Waals surface area (Å²) < 4.78 is 5.66. The van der Waals surface area contributed by atoms with E-state index in [2.05, 4.69) is 60.7 Å². The van der Waals surface area contributed by atoms with Crippen LogP contribution < -0.4 is 4.74 Å². The first-order valence-corrected chi connectivity index (χ1v) is 6.17. The molecule has 1 heterocycles. The highest BCUT2D eigenvalue weighted by atomic mass is 16.5. The zero-order valence-electron chi connectivity index (χ0n) is 9.89. The summed E-state index contributed by atoms with van der Waals surface area (Å²) in [5.41, 5.74) is 1.20. The van der Waals surface area contributed by atoms with Crippen LogP contribution in [0, 0.1) is 0 Å². The Bertz CT molecular complexity index is 784. The van der Waals surface area contributed by atoms with E-state index in [4.69, 9.17) is 4.74 Å². The molecule has 0 amide bonds. The molecule has 0 unspecified atom stereocenters. The van der Waals surface area contributed by atoms with Crippen molar-refractivity contribution in [1.29, 1.82) is 0 Å². The molecule has 1 nitrogen and oxygen atoms in total. The molecular weight excluding hydrogens is 220 g/mol. The maximum Gasteiger partial charge on any atom is 0.127 e. The van der Waals surface area contributed by atoms with E-state index < -0.39 is 0 Å². The first-order valence-electron chi connectivity index (χ1n) is 6.17. The molecule has 0 N–H and O–H groups in total.